The Morgan fingerprint density at radius 1 is 0.773 bits per heavy atom. The van der Waals surface area contributed by atoms with Crippen LogP contribution in [-0.2, 0) is 24.2 Å². The minimum absolute atomic E-state index is 0. The van der Waals surface area contributed by atoms with Gasteiger partial charge in [0.25, 0.3) is 0 Å². The molecule has 2 aliphatic rings. The molecule has 2 aliphatic carbocycles. The van der Waals surface area contributed by atoms with Crippen LogP contribution in [0.4, 0.5) is 0 Å². The van der Waals surface area contributed by atoms with E-state index in [-0.39, 0.29) is 24.8 Å². The Bertz CT molecular complexity index is 385. The molecule has 0 saturated heterocycles. The average Bonchev–Trinajstić information content (AvgIpc) is 3.04. The van der Waals surface area contributed by atoms with E-state index in [2.05, 4.69) is 79.9 Å². The maximum Gasteiger partial charge on any atom is -1.00 e. The Labute approximate surface area is 167 Å². The first-order valence-corrected chi connectivity index (χ1v) is 15.8. The van der Waals surface area contributed by atoms with Crippen LogP contribution in [0.15, 0.2) is 34.7 Å². The van der Waals surface area contributed by atoms with Crippen molar-refractivity contribution < 1.29 is 49.0 Å². The third-order valence-corrected chi connectivity index (χ3v) is 7.29. The first-order valence-electron chi connectivity index (χ1n) is 7.11. The molecular formula is C17H28Cl2Si2Zr-2. The van der Waals surface area contributed by atoms with E-state index in [1.54, 1.807) is 10.4 Å². The minimum atomic E-state index is -0.981. The normalized spacial score (nSPS) is 15.3. The zero-order valence-corrected chi connectivity index (χ0v) is 20.7. The van der Waals surface area contributed by atoms with E-state index in [4.69, 9.17) is 0 Å². The summed E-state index contributed by atoms with van der Waals surface area (Å²) in [6.45, 7) is 14.2. The average molecular weight is 451 g/mol. The van der Waals surface area contributed by atoms with Gasteiger partial charge >= 0.3 is 28.4 Å². The number of hydrogen-bond donors (Lipinski definition) is 0. The summed E-state index contributed by atoms with van der Waals surface area (Å²) in [4.78, 5) is 0. The molecule has 0 saturated carbocycles. The van der Waals surface area contributed by atoms with Crippen LogP contribution in [0.2, 0.25) is 39.3 Å². The van der Waals surface area contributed by atoms with Crippen molar-refractivity contribution in [2.75, 3.05) is 0 Å². The number of rotatable bonds is 2. The Hall–Kier alpha value is 0.727. The largest absolute Gasteiger partial charge is 1.00 e. The summed E-state index contributed by atoms with van der Waals surface area (Å²) in [5.74, 6) is 0. The quantitative estimate of drug-likeness (QED) is 0.377. The Kier molecular flexibility index (Phi) is 16.4. The molecule has 0 aliphatic heterocycles. The third kappa shape index (κ3) is 11.3. The topological polar surface area (TPSA) is 0 Å². The summed E-state index contributed by atoms with van der Waals surface area (Å²) in [6.07, 6.45) is 17.4. The molecule has 124 valence electrons. The molecule has 0 heterocycles. The van der Waals surface area contributed by atoms with Gasteiger partial charge in [0.05, 0.1) is 0 Å². The van der Waals surface area contributed by atoms with Crippen molar-refractivity contribution in [3.63, 3.8) is 0 Å². The van der Waals surface area contributed by atoms with Crippen molar-refractivity contribution >= 4 is 20.4 Å². The molecule has 0 amide bonds. The first kappa shape index (κ1) is 27.6. The van der Waals surface area contributed by atoms with Crippen LogP contribution < -0.4 is 24.8 Å². The first-order chi connectivity index (χ1) is 9.21. The summed E-state index contributed by atoms with van der Waals surface area (Å²) >= 11 is 1.30. The second-order valence-electron chi connectivity index (χ2n) is 6.92. The van der Waals surface area contributed by atoms with E-state index >= 15 is 0 Å². The van der Waals surface area contributed by atoms with E-state index in [1.807, 2.05) is 0 Å². The van der Waals surface area contributed by atoms with Gasteiger partial charge in [-0.15, -0.1) is 12.8 Å². The molecule has 0 radical (unpaired) electrons. The standard InChI is InChI=1S/2C8H13Si.CH2.2ClH.Zr/c2*1-9(2,3)8-6-4-5-7-8;;;;/h2*6-7H,4H2,1-3H3;1H2;2*1H;/q2*-1;;;;+2/p-2. The van der Waals surface area contributed by atoms with Crippen LogP contribution in [0.25, 0.3) is 0 Å². The molecule has 0 aromatic heterocycles. The summed E-state index contributed by atoms with van der Waals surface area (Å²) in [5.41, 5.74) is 0. The molecule has 0 bridgehead atoms. The molecule has 0 atom stereocenters. The maximum atomic E-state index is 3.34. The molecule has 0 fully saturated rings. The van der Waals surface area contributed by atoms with Gasteiger partial charge in [-0.2, -0.15) is 12.2 Å². The minimum Gasteiger partial charge on any atom is -1.00 e. The number of allylic oxidation sites excluding steroid dienone is 8. The molecule has 0 spiro atoms. The SMILES string of the molecule is C[Si](C)(C)C1=CC[C-]=C1.C[Si](C)(C)C1=CC[C-]=C1.[CH2]=[Zr+2].[Cl-].[Cl-]. The van der Waals surface area contributed by atoms with E-state index < -0.39 is 16.1 Å². The number of hydrogen-bond acceptors (Lipinski definition) is 0. The predicted molar refractivity (Wildman–Crippen MR) is 94.8 cm³/mol. The molecule has 22 heavy (non-hydrogen) atoms. The van der Waals surface area contributed by atoms with Crippen LogP contribution in [-0.4, -0.2) is 20.4 Å². The Morgan fingerprint density at radius 3 is 1.14 bits per heavy atom. The molecule has 0 aromatic carbocycles. The smallest absolute Gasteiger partial charge is 1.00 e. The Morgan fingerprint density at radius 2 is 1.05 bits per heavy atom. The van der Waals surface area contributed by atoms with Gasteiger partial charge in [-0.25, -0.2) is 22.5 Å². The van der Waals surface area contributed by atoms with Crippen molar-refractivity contribution in [1.82, 2.24) is 0 Å². The fourth-order valence-corrected chi connectivity index (χ4v) is 4.34. The summed E-state index contributed by atoms with van der Waals surface area (Å²) in [5, 5.41) is 3.12. The predicted octanol–water partition coefficient (Wildman–Crippen LogP) is -0.920. The third-order valence-electron chi connectivity index (χ3n) is 3.13. The molecule has 0 nitrogen and oxygen atoms in total. The molecular weight excluding hydrogens is 422 g/mol. The van der Waals surface area contributed by atoms with Crippen molar-refractivity contribution in [2.24, 2.45) is 0 Å². The summed E-state index contributed by atoms with van der Waals surface area (Å²) in [6, 6.07) is 0. The van der Waals surface area contributed by atoms with Gasteiger partial charge in [-0.05, 0) is 16.1 Å². The van der Waals surface area contributed by atoms with Crippen molar-refractivity contribution in [1.29, 1.82) is 0 Å². The van der Waals surface area contributed by atoms with E-state index in [0.717, 1.165) is 12.8 Å². The van der Waals surface area contributed by atoms with Crippen LogP contribution in [0, 0.1) is 12.2 Å². The fraction of sp³-hybridized carbons (Fsp3) is 0.471. The number of halogens is 2. The van der Waals surface area contributed by atoms with Gasteiger partial charge in [0, 0.05) is 0 Å². The van der Waals surface area contributed by atoms with Gasteiger partial charge in [-0.3, -0.25) is 12.2 Å². The van der Waals surface area contributed by atoms with Gasteiger partial charge < -0.3 is 24.8 Å². The second-order valence-corrected chi connectivity index (χ2v) is 17.1. The van der Waals surface area contributed by atoms with Gasteiger partial charge in [0.1, 0.15) is 0 Å². The van der Waals surface area contributed by atoms with E-state index in [0.29, 0.717) is 0 Å². The monoisotopic (exact) mass is 448 g/mol. The second kappa shape index (κ2) is 13.1. The van der Waals surface area contributed by atoms with Crippen LogP contribution >= 0.6 is 0 Å². The molecule has 5 heteroatoms. The van der Waals surface area contributed by atoms with Crippen molar-refractivity contribution in [2.45, 2.75) is 52.1 Å². The van der Waals surface area contributed by atoms with Crippen molar-refractivity contribution in [3.8, 4) is 0 Å². The maximum absolute atomic E-state index is 3.34. The molecule has 0 N–H and O–H groups in total. The van der Waals surface area contributed by atoms with Gasteiger partial charge in [0.2, 0.25) is 0 Å². The fourth-order valence-electron chi connectivity index (χ4n) is 1.84. The molecule has 0 aromatic rings. The molecule has 2 rings (SSSR count). The van der Waals surface area contributed by atoms with Crippen LogP contribution in [0.1, 0.15) is 12.8 Å². The van der Waals surface area contributed by atoms with Crippen LogP contribution in [0.3, 0.4) is 0 Å². The zero-order valence-electron chi connectivity index (χ0n) is 14.7. The van der Waals surface area contributed by atoms with Crippen LogP contribution in [0.5, 0.6) is 0 Å². The van der Waals surface area contributed by atoms with Gasteiger partial charge in [0.15, 0.2) is 0 Å². The summed E-state index contributed by atoms with van der Waals surface area (Å²) in [7, 11) is -1.96. The van der Waals surface area contributed by atoms with E-state index in [1.165, 1.54) is 24.2 Å². The zero-order chi connectivity index (χ0) is 15.8. The summed E-state index contributed by atoms with van der Waals surface area (Å²) < 4.78 is 3.34. The van der Waals surface area contributed by atoms with Crippen molar-refractivity contribution in [3.05, 3.63) is 46.8 Å². The van der Waals surface area contributed by atoms with Gasteiger partial charge in [-0.1, -0.05) is 39.3 Å². The molecule has 0 unspecified atom stereocenters. The Balaban J connectivity index is -0.000000273. The van der Waals surface area contributed by atoms with E-state index in [9.17, 15) is 0 Å².